The van der Waals surface area contributed by atoms with Gasteiger partial charge < -0.3 is 10.2 Å². The minimum absolute atomic E-state index is 0.0306. The first-order valence-corrected chi connectivity index (χ1v) is 5.48. The monoisotopic (exact) mass is 234 g/mol. The van der Waals surface area contributed by atoms with Crippen LogP contribution in [-0.4, -0.2) is 32.1 Å². The van der Waals surface area contributed by atoms with Gasteiger partial charge in [0.05, 0.1) is 11.2 Å². The number of benzene rings is 1. The van der Waals surface area contributed by atoms with Gasteiger partial charge in [0, 0.05) is 18.4 Å². The number of hydrogen-bond donors (Lipinski definition) is 2. The second-order valence-corrected chi connectivity index (χ2v) is 3.84. The van der Waals surface area contributed by atoms with Crippen LogP contribution < -0.4 is 0 Å². The Morgan fingerprint density at radius 1 is 1.47 bits per heavy atom. The Hall–Kier alpha value is -1.88. The van der Waals surface area contributed by atoms with Gasteiger partial charge in [-0.2, -0.15) is 5.10 Å². The maximum Gasteiger partial charge on any atom is 0.332 e. The Balaban J connectivity index is 2.44. The predicted octanol–water partition coefficient (Wildman–Crippen LogP) is 1.04. The Morgan fingerprint density at radius 3 is 2.82 bits per heavy atom. The Labute approximate surface area is 98.3 Å². The van der Waals surface area contributed by atoms with Crippen LogP contribution in [0.2, 0.25) is 0 Å². The van der Waals surface area contributed by atoms with Crippen molar-refractivity contribution in [1.82, 2.24) is 9.78 Å². The van der Waals surface area contributed by atoms with Crippen LogP contribution in [0, 0.1) is 0 Å². The van der Waals surface area contributed by atoms with Gasteiger partial charge in [-0.05, 0) is 13.0 Å². The highest BCUT2D eigenvalue weighted by Gasteiger charge is 2.18. The molecular formula is C12H14N2O3. The van der Waals surface area contributed by atoms with Crippen molar-refractivity contribution in [2.45, 2.75) is 26.0 Å². The van der Waals surface area contributed by atoms with Gasteiger partial charge in [-0.3, -0.25) is 4.68 Å². The van der Waals surface area contributed by atoms with Gasteiger partial charge in [0.1, 0.15) is 0 Å². The van der Waals surface area contributed by atoms with E-state index in [2.05, 4.69) is 5.10 Å². The maximum atomic E-state index is 10.6. The zero-order chi connectivity index (χ0) is 12.4. The largest absolute Gasteiger partial charge is 0.479 e. The van der Waals surface area contributed by atoms with E-state index in [1.165, 1.54) is 0 Å². The summed E-state index contributed by atoms with van der Waals surface area (Å²) >= 11 is 0. The second-order valence-electron chi connectivity index (χ2n) is 3.84. The molecule has 90 valence electrons. The molecule has 0 saturated carbocycles. The lowest BCUT2D eigenvalue weighted by Gasteiger charge is -2.02. The first-order valence-electron chi connectivity index (χ1n) is 5.48. The molecule has 5 heteroatoms. The third-order valence-corrected chi connectivity index (χ3v) is 2.71. The zero-order valence-corrected chi connectivity index (χ0v) is 9.50. The summed E-state index contributed by atoms with van der Waals surface area (Å²) in [6.45, 7) is 2.68. The normalized spacial score (nSPS) is 12.8. The first-order chi connectivity index (χ1) is 8.13. The molecule has 5 nitrogen and oxygen atoms in total. The van der Waals surface area contributed by atoms with Crippen molar-refractivity contribution >= 4 is 16.9 Å². The molecule has 1 heterocycles. The van der Waals surface area contributed by atoms with Crippen molar-refractivity contribution in [3.05, 3.63) is 30.0 Å². The van der Waals surface area contributed by atoms with E-state index in [1.807, 2.05) is 31.2 Å². The van der Waals surface area contributed by atoms with Gasteiger partial charge in [0.25, 0.3) is 0 Å². The summed E-state index contributed by atoms with van der Waals surface area (Å²) < 4.78 is 1.80. The van der Waals surface area contributed by atoms with Crippen LogP contribution in [0.1, 0.15) is 12.6 Å². The Morgan fingerprint density at radius 2 is 2.18 bits per heavy atom. The Kier molecular flexibility index (Phi) is 3.10. The van der Waals surface area contributed by atoms with Crippen molar-refractivity contribution < 1.29 is 15.0 Å². The quantitative estimate of drug-likeness (QED) is 0.829. The molecular weight excluding hydrogens is 220 g/mol. The zero-order valence-electron chi connectivity index (χ0n) is 9.50. The lowest BCUT2D eigenvalue weighted by Crippen LogP contribution is -2.22. The topological polar surface area (TPSA) is 75.3 Å². The summed E-state index contributed by atoms with van der Waals surface area (Å²) in [4.78, 5) is 10.6. The average molecular weight is 234 g/mol. The molecule has 0 radical (unpaired) electrons. The van der Waals surface area contributed by atoms with Crippen LogP contribution in [0.15, 0.2) is 24.3 Å². The molecule has 0 aliphatic heterocycles. The number of fused-ring (bicyclic) bond motifs is 1. The van der Waals surface area contributed by atoms with Gasteiger partial charge in [0.2, 0.25) is 0 Å². The summed E-state index contributed by atoms with van der Waals surface area (Å²) in [6, 6.07) is 7.61. The molecule has 1 aromatic carbocycles. The smallest absolute Gasteiger partial charge is 0.332 e. The summed E-state index contributed by atoms with van der Waals surface area (Å²) in [6.07, 6.45) is -1.37. The van der Waals surface area contributed by atoms with Crippen LogP contribution >= 0.6 is 0 Å². The highest BCUT2D eigenvalue weighted by atomic mass is 16.4. The number of aryl methyl sites for hydroxylation is 1. The minimum Gasteiger partial charge on any atom is -0.479 e. The highest BCUT2D eigenvalue weighted by Crippen LogP contribution is 2.19. The van der Waals surface area contributed by atoms with Crippen molar-refractivity contribution in [3.8, 4) is 0 Å². The minimum atomic E-state index is -1.40. The van der Waals surface area contributed by atoms with Crippen LogP contribution in [0.25, 0.3) is 10.9 Å². The van der Waals surface area contributed by atoms with Crippen molar-refractivity contribution in [1.29, 1.82) is 0 Å². The van der Waals surface area contributed by atoms with Gasteiger partial charge in [-0.1, -0.05) is 18.2 Å². The molecule has 0 aliphatic carbocycles. The van der Waals surface area contributed by atoms with Crippen LogP contribution in [0.4, 0.5) is 0 Å². The summed E-state index contributed by atoms with van der Waals surface area (Å²) in [7, 11) is 0. The number of hydrogen-bond acceptors (Lipinski definition) is 3. The van der Waals surface area contributed by atoms with E-state index in [0.717, 1.165) is 10.9 Å². The van der Waals surface area contributed by atoms with Crippen molar-refractivity contribution in [2.24, 2.45) is 0 Å². The molecule has 0 amide bonds. The number of aliphatic carboxylic acids is 1. The number of carbonyl (C=O) groups is 1. The Bertz CT molecular complexity index is 548. The number of aromatic nitrogens is 2. The molecule has 17 heavy (non-hydrogen) atoms. The third-order valence-electron chi connectivity index (χ3n) is 2.71. The number of carboxylic acid groups (broad SMARTS) is 1. The van der Waals surface area contributed by atoms with E-state index in [9.17, 15) is 9.90 Å². The SMILES string of the molecule is CCn1nc(CC(O)C(=O)O)c2ccccc21. The fourth-order valence-electron chi connectivity index (χ4n) is 1.86. The van der Waals surface area contributed by atoms with E-state index in [-0.39, 0.29) is 6.42 Å². The first kappa shape index (κ1) is 11.6. The van der Waals surface area contributed by atoms with E-state index in [4.69, 9.17) is 5.11 Å². The molecule has 0 bridgehead atoms. The molecule has 1 atom stereocenters. The fourth-order valence-corrected chi connectivity index (χ4v) is 1.86. The molecule has 2 rings (SSSR count). The summed E-state index contributed by atoms with van der Waals surface area (Å²) in [5, 5.41) is 23.3. The molecule has 1 unspecified atom stereocenters. The van der Waals surface area contributed by atoms with Crippen LogP contribution in [0.3, 0.4) is 0 Å². The van der Waals surface area contributed by atoms with Crippen molar-refractivity contribution in [2.75, 3.05) is 0 Å². The van der Waals surface area contributed by atoms with Gasteiger partial charge in [0.15, 0.2) is 6.10 Å². The third kappa shape index (κ3) is 2.14. The van der Waals surface area contributed by atoms with Crippen molar-refractivity contribution in [3.63, 3.8) is 0 Å². The number of aliphatic hydroxyl groups is 1. The lowest BCUT2D eigenvalue weighted by molar-refractivity contribution is -0.146. The van der Waals surface area contributed by atoms with E-state index < -0.39 is 12.1 Å². The number of rotatable bonds is 4. The van der Waals surface area contributed by atoms with E-state index in [1.54, 1.807) is 4.68 Å². The van der Waals surface area contributed by atoms with Gasteiger partial charge in [-0.25, -0.2) is 4.79 Å². The molecule has 2 aromatic rings. The van der Waals surface area contributed by atoms with E-state index in [0.29, 0.717) is 12.2 Å². The predicted molar refractivity (Wildman–Crippen MR) is 62.8 cm³/mol. The van der Waals surface area contributed by atoms with Gasteiger partial charge >= 0.3 is 5.97 Å². The second kappa shape index (κ2) is 4.55. The standard InChI is InChI=1S/C12H14N2O3/c1-2-14-10-6-4-3-5-8(10)9(13-14)7-11(15)12(16)17/h3-6,11,15H,2,7H2,1H3,(H,16,17). The summed E-state index contributed by atoms with van der Waals surface area (Å²) in [5.41, 5.74) is 1.58. The molecule has 0 saturated heterocycles. The molecule has 0 spiro atoms. The molecule has 1 aromatic heterocycles. The fraction of sp³-hybridized carbons (Fsp3) is 0.333. The average Bonchev–Trinajstić information content (AvgIpc) is 2.68. The highest BCUT2D eigenvalue weighted by molar-refractivity contribution is 5.83. The number of nitrogens with zero attached hydrogens (tertiary/aromatic N) is 2. The molecule has 0 aliphatic rings. The number of para-hydroxylation sites is 1. The number of carboxylic acids is 1. The lowest BCUT2D eigenvalue weighted by atomic mass is 10.1. The molecule has 0 fully saturated rings. The van der Waals surface area contributed by atoms with Crippen LogP contribution in [0.5, 0.6) is 0 Å². The summed E-state index contributed by atoms with van der Waals surface area (Å²) in [5.74, 6) is -1.22. The maximum absolute atomic E-state index is 10.6. The number of aliphatic hydroxyl groups excluding tert-OH is 1. The molecule has 2 N–H and O–H groups in total. The van der Waals surface area contributed by atoms with Gasteiger partial charge in [-0.15, -0.1) is 0 Å². The van der Waals surface area contributed by atoms with Crippen LogP contribution in [-0.2, 0) is 17.8 Å². The van der Waals surface area contributed by atoms with E-state index >= 15 is 0 Å².